The molecule has 98 valence electrons. The molecular formula is C14H16N4O. The summed E-state index contributed by atoms with van der Waals surface area (Å²) in [6, 6.07) is 8.31. The van der Waals surface area contributed by atoms with Crippen molar-refractivity contribution in [2.24, 2.45) is 0 Å². The van der Waals surface area contributed by atoms with E-state index in [0.717, 1.165) is 5.56 Å². The predicted molar refractivity (Wildman–Crippen MR) is 71.9 cm³/mol. The van der Waals surface area contributed by atoms with Crippen molar-refractivity contribution in [3.05, 3.63) is 41.7 Å². The van der Waals surface area contributed by atoms with E-state index in [1.165, 1.54) is 11.9 Å². The standard InChI is InChI=1S/C14H16N4O/c1-9(2)10-3-5-11(6-4-10)12-7-13(19)17-14-15-8-16-18(12)14/h3-6,8-9,12H,7H2,1-2H3,(H,15,16,17,19). The van der Waals surface area contributed by atoms with E-state index < -0.39 is 0 Å². The molecule has 0 saturated carbocycles. The van der Waals surface area contributed by atoms with Crippen molar-refractivity contribution in [3.8, 4) is 0 Å². The summed E-state index contributed by atoms with van der Waals surface area (Å²) in [5.74, 6) is 1.01. The lowest BCUT2D eigenvalue weighted by atomic mass is 9.97. The molecule has 5 heteroatoms. The Kier molecular flexibility index (Phi) is 2.81. The Hall–Kier alpha value is -2.17. The Labute approximate surface area is 111 Å². The fraction of sp³-hybridized carbons (Fsp3) is 0.357. The zero-order valence-corrected chi connectivity index (χ0v) is 11.0. The number of fused-ring (bicyclic) bond motifs is 1. The molecule has 2 heterocycles. The molecule has 1 aliphatic rings. The molecule has 1 unspecified atom stereocenters. The molecule has 0 aliphatic carbocycles. The summed E-state index contributed by atoms with van der Waals surface area (Å²) < 4.78 is 1.77. The van der Waals surface area contributed by atoms with E-state index in [4.69, 9.17) is 0 Å². The zero-order valence-electron chi connectivity index (χ0n) is 11.0. The summed E-state index contributed by atoms with van der Waals surface area (Å²) >= 11 is 0. The molecular weight excluding hydrogens is 240 g/mol. The third-order valence-electron chi connectivity index (χ3n) is 3.49. The van der Waals surface area contributed by atoms with Crippen molar-refractivity contribution in [2.45, 2.75) is 32.2 Å². The highest BCUT2D eigenvalue weighted by Crippen LogP contribution is 2.29. The van der Waals surface area contributed by atoms with Crippen molar-refractivity contribution in [1.82, 2.24) is 14.8 Å². The molecule has 3 rings (SSSR count). The molecule has 19 heavy (non-hydrogen) atoms. The minimum Gasteiger partial charge on any atom is -0.295 e. The average molecular weight is 256 g/mol. The SMILES string of the molecule is CC(C)c1ccc(C2CC(=O)Nc3ncnn32)cc1. The molecule has 1 atom stereocenters. The number of nitrogens with zero attached hydrogens (tertiary/aromatic N) is 3. The van der Waals surface area contributed by atoms with Crippen molar-refractivity contribution >= 4 is 11.9 Å². The van der Waals surface area contributed by atoms with Gasteiger partial charge >= 0.3 is 0 Å². The van der Waals surface area contributed by atoms with Gasteiger partial charge in [-0.25, -0.2) is 4.68 Å². The van der Waals surface area contributed by atoms with Crippen LogP contribution in [0, 0.1) is 0 Å². The van der Waals surface area contributed by atoms with Gasteiger partial charge in [0.15, 0.2) is 0 Å². The first kappa shape index (κ1) is 11.9. The van der Waals surface area contributed by atoms with Gasteiger partial charge in [-0.1, -0.05) is 38.1 Å². The van der Waals surface area contributed by atoms with Gasteiger partial charge in [-0.05, 0) is 17.0 Å². The van der Waals surface area contributed by atoms with Crippen LogP contribution in [0.4, 0.5) is 5.95 Å². The molecule has 1 amide bonds. The van der Waals surface area contributed by atoms with Crippen LogP contribution in [0.25, 0.3) is 0 Å². The Bertz CT molecular complexity index is 600. The molecule has 0 saturated heterocycles. The van der Waals surface area contributed by atoms with Gasteiger partial charge in [0, 0.05) is 0 Å². The van der Waals surface area contributed by atoms with E-state index in [9.17, 15) is 4.79 Å². The smallest absolute Gasteiger partial charge is 0.229 e. The first-order chi connectivity index (χ1) is 9.15. The van der Waals surface area contributed by atoms with Gasteiger partial charge in [-0.2, -0.15) is 10.1 Å². The Morgan fingerprint density at radius 3 is 2.74 bits per heavy atom. The Balaban J connectivity index is 1.96. The van der Waals surface area contributed by atoms with Crippen LogP contribution in [0.15, 0.2) is 30.6 Å². The quantitative estimate of drug-likeness (QED) is 0.897. The number of benzene rings is 1. The van der Waals surface area contributed by atoms with E-state index in [-0.39, 0.29) is 11.9 Å². The molecule has 5 nitrogen and oxygen atoms in total. The van der Waals surface area contributed by atoms with Crippen molar-refractivity contribution in [1.29, 1.82) is 0 Å². The van der Waals surface area contributed by atoms with Crippen LogP contribution in [-0.2, 0) is 4.79 Å². The number of hydrogen-bond acceptors (Lipinski definition) is 3. The van der Waals surface area contributed by atoms with Crippen LogP contribution in [0.3, 0.4) is 0 Å². The van der Waals surface area contributed by atoms with Crippen LogP contribution in [0.2, 0.25) is 0 Å². The van der Waals surface area contributed by atoms with Gasteiger partial charge in [0.1, 0.15) is 6.33 Å². The molecule has 1 N–H and O–H groups in total. The maximum Gasteiger partial charge on any atom is 0.229 e. The summed E-state index contributed by atoms with van der Waals surface area (Å²) in [5, 5.41) is 6.92. The number of amides is 1. The van der Waals surface area contributed by atoms with Crippen LogP contribution in [0.1, 0.15) is 43.4 Å². The molecule has 0 fully saturated rings. The van der Waals surface area contributed by atoms with Gasteiger partial charge in [0.2, 0.25) is 11.9 Å². The zero-order chi connectivity index (χ0) is 13.4. The molecule has 0 bridgehead atoms. The number of carbonyl (C=O) groups is 1. The first-order valence-corrected chi connectivity index (χ1v) is 6.44. The molecule has 1 aliphatic heterocycles. The number of aromatic nitrogens is 3. The Morgan fingerprint density at radius 1 is 1.32 bits per heavy atom. The van der Waals surface area contributed by atoms with Crippen molar-refractivity contribution in [3.63, 3.8) is 0 Å². The second kappa shape index (κ2) is 4.50. The van der Waals surface area contributed by atoms with Crippen LogP contribution >= 0.6 is 0 Å². The maximum atomic E-state index is 11.7. The number of rotatable bonds is 2. The number of anilines is 1. The highest BCUT2D eigenvalue weighted by molar-refractivity contribution is 5.91. The predicted octanol–water partition coefficient (Wildman–Crippen LogP) is 2.33. The Morgan fingerprint density at radius 2 is 2.05 bits per heavy atom. The lowest BCUT2D eigenvalue weighted by molar-refractivity contribution is -0.117. The van der Waals surface area contributed by atoms with Crippen LogP contribution < -0.4 is 5.32 Å². The van der Waals surface area contributed by atoms with Gasteiger partial charge in [-0.15, -0.1) is 0 Å². The number of hydrogen-bond donors (Lipinski definition) is 1. The fourth-order valence-corrected chi connectivity index (χ4v) is 2.37. The van der Waals surface area contributed by atoms with Gasteiger partial charge < -0.3 is 0 Å². The number of carbonyl (C=O) groups excluding carboxylic acids is 1. The molecule has 1 aromatic carbocycles. The number of nitrogens with one attached hydrogen (secondary N) is 1. The minimum atomic E-state index is -0.0625. The van der Waals surface area contributed by atoms with E-state index in [1.54, 1.807) is 4.68 Å². The lowest BCUT2D eigenvalue weighted by Gasteiger charge is -2.24. The molecule has 0 spiro atoms. The lowest BCUT2D eigenvalue weighted by Crippen LogP contribution is -2.29. The molecule has 2 aromatic rings. The second-order valence-electron chi connectivity index (χ2n) is 5.12. The third kappa shape index (κ3) is 2.12. The molecule has 0 radical (unpaired) electrons. The largest absolute Gasteiger partial charge is 0.295 e. The summed E-state index contributed by atoms with van der Waals surface area (Å²) in [4.78, 5) is 15.7. The average Bonchev–Trinajstić information content (AvgIpc) is 2.85. The minimum absolute atomic E-state index is 0.0153. The highest BCUT2D eigenvalue weighted by Gasteiger charge is 2.27. The van der Waals surface area contributed by atoms with E-state index in [2.05, 4.69) is 53.5 Å². The third-order valence-corrected chi connectivity index (χ3v) is 3.49. The van der Waals surface area contributed by atoms with Gasteiger partial charge in [0.25, 0.3) is 0 Å². The summed E-state index contributed by atoms with van der Waals surface area (Å²) in [6.45, 7) is 4.33. The van der Waals surface area contributed by atoms with Gasteiger partial charge in [-0.3, -0.25) is 10.1 Å². The first-order valence-electron chi connectivity index (χ1n) is 6.44. The van der Waals surface area contributed by atoms with Gasteiger partial charge in [0.05, 0.1) is 12.5 Å². The van der Waals surface area contributed by atoms with E-state index >= 15 is 0 Å². The monoisotopic (exact) mass is 256 g/mol. The maximum absolute atomic E-state index is 11.7. The fourth-order valence-electron chi connectivity index (χ4n) is 2.37. The topological polar surface area (TPSA) is 59.8 Å². The molecule has 1 aromatic heterocycles. The van der Waals surface area contributed by atoms with Crippen molar-refractivity contribution < 1.29 is 4.79 Å². The normalized spacial score (nSPS) is 18.3. The second-order valence-corrected chi connectivity index (χ2v) is 5.12. The van der Waals surface area contributed by atoms with Crippen molar-refractivity contribution in [2.75, 3.05) is 5.32 Å². The summed E-state index contributed by atoms with van der Waals surface area (Å²) in [7, 11) is 0. The van der Waals surface area contributed by atoms with Crippen LogP contribution in [0.5, 0.6) is 0 Å². The van der Waals surface area contributed by atoms with E-state index in [1.807, 2.05) is 0 Å². The highest BCUT2D eigenvalue weighted by atomic mass is 16.2. The summed E-state index contributed by atoms with van der Waals surface area (Å²) in [6.07, 6.45) is 1.87. The van der Waals surface area contributed by atoms with E-state index in [0.29, 0.717) is 18.3 Å². The summed E-state index contributed by atoms with van der Waals surface area (Å²) in [5.41, 5.74) is 2.38. The van der Waals surface area contributed by atoms with Crippen LogP contribution in [-0.4, -0.2) is 20.7 Å².